The molecule has 1 saturated heterocycles. The Kier molecular flexibility index (Phi) is 6.42. The second kappa shape index (κ2) is 9.80. The molecule has 180 valence electrons. The van der Waals surface area contributed by atoms with Crippen LogP contribution in [0.2, 0.25) is 0 Å². The second-order valence-electron chi connectivity index (χ2n) is 9.06. The van der Waals surface area contributed by atoms with Crippen molar-refractivity contribution in [1.82, 2.24) is 14.7 Å². The Morgan fingerprint density at radius 1 is 0.943 bits per heavy atom. The van der Waals surface area contributed by atoms with Crippen molar-refractivity contribution in [1.29, 1.82) is 0 Å². The minimum absolute atomic E-state index is 0.231. The molecule has 7 heteroatoms. The van der Waals surface area contributed by atoms with Crippen molar-refractivity contribution in [2.75, 3.05) is 40.3 Å². The molecule has 0 N–H and O–H groups in total. The van der Waals surface area contributed by atoms with Gasteiger partial charge in [-0.15, -0.1) is 0 Å². The third-order valence-electron chi connectivity index (χ3n) is 6.60. The van der Waals surface area contributed by atoms with Crippen molar-refractivity contribution in [2.45, 2.75) is 13.0 Å². The van der Waals surface area contributed by atoms with E-state index in [2.05, 4.69) is 16.7 Å². The molecule has 1 amide bonds. The zero-order valence-electron chi connectivity index (χ0n) is 20.3. The van der Waals surface area contributed by atoms with Crippen molar-refractivity contribution < 1.29 is 14.3 Å². The average molecular weight is 471 g/mol. The van der Waals surface area contributed by atoms with Crippen molar-refractivity contribution >= 4 is 17.6 Å². The molecular weight excluding hydrogens is 440 g/mol. The lowest BCUT2D eigenvalue weighted by Gasteiger charge is -2.36. The maximum atomic E-state index is 12.9. The first-order chi connectivity index (χ1) is 17.0. The third-order valence-corrected chi connectivity index (χ3v) is 6.60. The van der Waals surface area contributed by atoms with Gasteiger partial charge in [-0.05, 0) is 63.0 Å². The number of amides is 1. The summed E-state index contributed by atoms with van der Waals surface area (Å²) in [5, 5.41) is 0. The Labute approximate surface area is 206 Å². The Hall–Kier alpha value is -3.84. The summed E-state index contributed by atoms with van der Waals surface area (Å²) in [6.07, 6.45) is -0.323. The molecule has 7 nitrogen and oxygen atoms in total. The van der Waals surface area contributed by atoms with Gasteiger partial charge in [-0.2, -0.15) is 0 Å². The van der Waals surface area contributed by atoms with E-state index in [1.807, 2.05) is 86.9 Å². The predicted octanol–water partition coefficient (Wildman–Crippen LogP) is 5.31. The van der Waals surface area contributed by atoms with E-state index in [0.717, 1.165) is 34.1 Å². The van der Waals surface area contributed by atoms with E-state index in [-0.39, 0.29) is 12.1 Å². The number of para-hydroxylation sites is 3. The van der Waals surface area contributed by atoms with Crippen LogP contribution >= 0.6 is 0 Å². The minimum atomic E-state index is -0.323. The summed E-state index contributed by atoms with van der Waals surface area (Å²) < 4.78 is 11.9. The van der Waals surface area contributed by atoms with E-state index in [9.17, 15) is 4.79 Å². The summed E-state index contributed by atoms with van der Waals surface area (Å²) in [5.41, 5.74) is 2.86. The van der Waals surface area contributed by atoms with Crippen LogP contribution in [0.3, 0.4) is 0 Å². The van der Waals surface area contributed by atoms with E-state index in [4.69, 9.17) is 14.5 Å². The number of nitrogens with zero attached hydrogens (tertiary/aromatic N) is 4. The average Bonchev–Trinajstić information content (AvgIpc) is 3.05. The Bertz CT molecular complexity index is 1250. The van der Waals surface area contributed by atoms with Crippen LogP contribution < -0.4 is 9.47 Å². The number of benzene rings is 3. The molecule has 1 atom stereocenters. The van der Waals surface area contributed by atoms with Crippen molar-refractivity contribution in [3.05, 3.63) is 83.9 Å². The van der Waals surface area contributed by atoms with Gasteiger partial charge in [0.2, 0.25) is 0 Å². The number of hydrogen-bond acceptors (Lipinski definition) is 6. The fourth-order valence-corrected chi connectivity index (χ4v) is 4.31. The highest BCUT2D eigenvalue weighted by Gasteiger charge is 2.28. The molecule has 0 radical (unpaired) electrons. The zero-order chi connectivity index (χ0) is 24.4. The van der Waals surface area contributed by atoms with Crippen LogP contribution in [0.5, 0.6) is 17.2 Å². The molecule has 2 aliphatic heterocycles. The number of aliphatic imine (C=N–C) groups is 1. The smallest absolute Gasteiger partial charge is 0.415 e. The Balaban J connectivity index is 1.29. The topological polar surface area (TPSA) is 57.6 Å². The summed E-state index contributed by atoms with van der Waals surface area (Å²) in [4.78, 5) is 24.0. The summed E-state index contributed by atoms with van der Waals surface area (Å²) in [6, 6.07) is 23.7. The van der Waals surface area contributed by atoms with Crippen LogP contribution in [-0.2, 0) is 0 Å². The van der Waals surface area contributed by atoms with Gasteiger partial charge in [0.15, 0.2) is 5.75 Å². The van der Waals surface area contributed by atoms with Gasteiger partial charge in [0, 0.05) is 32.2 Å². The quantitative estimate of drug-likeness (QED) is 0.519. The number of hydrogen-bond donors (Lipinski definition) is 0. The molecular formula is C28H30N4O3. The van der Waals surface area contributed by atoms with Gasteiger partial charge < -0.3 is 24.2 Å². The molecule has 3 aromatic rings. The van der Waals surface area contributed by atoms with E-state index in [1.54, 1.807) is 4.90 Å². The first kappa shape index (κ1) is 22.9. The molecule has 1 fully saturated rings. The molecule has 0 unspecified atom stereocenters. The van der Waals surface area contributed by atoms with Gasteiger partial charge in [0.05, 0.1) is 5.56 Å². The van der Waals surface area contributed by atoms with E-state index >= 15 is 0 Å². The molecule has 3 aromatic carbocycles. The second-order valence-corrected chi connectivity index (χ2v) is 9.06. The van der Waals surface area contributed by atoms with Crippen LogP contribution in [0.15, 0.2) is 77.8 Å². The van der Waals surface area contributed by atoms with Gasteiger partial charge in [0.25, 0.3) is 0 Å². The monoisotopic (exact) mass is 470 g/mol. The van der Waals surface area contributed by atoms with Crippen molar-refractivity contribution in [2.24, 2.45) is 4.99 Å². The van der Waals surface area contributed by atoms with Crippen LogP contribution in [0.25, 0.3) is 0 Å². The molecule has 2 aliphatic rings. The molecule has 0 bridgehead atoms. The lowest BCUT2D eigenvalue weighted by molar-refractivity contribution is 0.130. The van der Waals surface area contributed by atoms with Gasteiger partial charge >= 0.3 is 6.09 Å². The molecule has 0 spiro atoms. The Morgan fingerprint density at radius 3 is 2.43 bits per heavy atom. The summed E-state index contributed by atoms with van der Waals surface area (Å²) >= 11 is 0. The van der Waals surface area contributed by atoms with E-state index < -0.39 is 0 Å². The maximum absolute atomic E-state index is 12.9. The SMILES string of the molecule is C[C@@H](c1cccc(OC(=O)N2CCN(C3=Nc4ccccc4Oc4ccccc43)CC2)c1)N(C)C. The molecule has 0 aliphatic carbocycles. The number of carbonyl (C=O) groups is 1. The van der Waals surface area contributed by atoms with Crippen molar-refractivity contribution in [3.63, 3.8) is 0 Å². The Morgan fingerprint density at radius 2 is 1.66 bits per heavy atom. The lowest BCUT2D eigenvalue weighted by atomic mass is 10.1. The largest absolute Gasteiger partial charge is 0.454 e. The van der Waals surface area contributed by atoms with Gasteiger partial charge in [-0.25, -0.2) is 9.79 Å². The molecule has 2 heterocycles. The molecule has 5 rings (SSSR count). The first-order valence-electron chi connectivity index (χ1n) is 11.9. The van der Waals surface area contributed by atoms with Crippen LogP contribution in [0, 0.1) is 0 Å². The molecule has 0 aromatic heterocycles. The molecule has 0 saturated carbocycles. The van der Waals surface area contributed by atoms with Crippen LogP contribution in [0.4, 0.5) is 10.5 Å². The standard InChI is InChI=1S/C28H30N4O3/c1-20(30(2)3)21-9-8-10-22(19-21)34-28(33)32-17-15-31(16-18-32)27-23-11-4-6-13-25(23)35-26-14-7-5-12-24(26)29-27/h4-14,19-20H,15-18H2,1-3H3/t20-/m0/s1. The highest BCUT2D eigenvalue weighted by atomic mass is 16.6. The van der Waals surface area contributed by atoms with Gasteiger partial charge in [0.1, 0.15) is 23.0 Å². The number of amidine groups is 1. The number of piperazine rings is 1. The lowest BCUT2D eigenvalue weighted by Crippen LogP contribution is -2.51. The highest BCUT2D eigenvalue weighted by molar-refractivity contribution is 6.03. The number of rotatable bonds is 3. The van der Waals surface area contributed by atoms with Crippen LogP contribution in [-0.4, -0.2) is 66.9 Å². The number of fused-ring (bicyclic) bond motifs is 2. The minimum Gasteiger partial charge on any atom is -0.454 e. The van der Waals surface area contributed by atoms with Gasteiger partial charge in [-0.3, -0.25) is 0 Å². The molecule has 35 heavy (non-hydrogen) atoms. The van der Waals surface area contributed by atoms with E-state index in [0.29, 0.717) is 31.9 Å². The first-order valence-corrected chi connectivity index (χ1v) is 11.9. The summed E-state index contributed by atoms with van der Waals surface area (Å²) in [7, 11) is 4.06. The fraction of sp³-hybridized carbons (Fsp3) is 0.286. The summed E-state index contributed by atoms with van der Waals surface area (Å²) in [5.74, 6) is 2.95. The highest BCUT2D eigenvalue weighted by Crippen LogP contribution is 2.38. The number of ether oxygens (including phenoxy) is 2. The number of carbonyl (C=O) groups excluding carboxylic acids is 1. The predicted molar refractivity (Wildman–Crippen MR) is 137 cm³/mol. The van der Waals surface area contributed by atoms with E-state index in [1.165, 1.54) is 0 Å². The van der Waals surface area contributed by atoms with Gasteiger partial charge in [-0.1, -0.05) is 36.4 Å². The van der Waals surface area contributed by atoms with Crippen molar-refractivity contribution in [3.8, 4) is 17.2 Å². The third kappa shape index (κ3) is 4.86. The zero-order valence-corrected chi connectivity index (χ0v) is 20.3. The maximum Gasteiger partial charge on any atom is 0.415 e. The normalized spacial score (nSPS) is 15.9. The van der Waals surface area contributed by atoms with Crippen LogP contribution in [0.1, 0.15) is 24.1 Å². The summed E-state index contributed by atoms with van der Waals surface area (Å²) in [6.45, 7) is 4.54. The fourth-order valence-electron chi connectivity index (χ4n) is 4.31.